The summed E-state index contributed by atoms with van der Waals surface area (Å²) in [6.45, 7) is 3.67. The zero-order chi connectivity index (χ0) is 13.8. The fourth-order valence-electron chi connectivity index (χ4n) is 1.78. The molecule has 102 valence electrons. The molecule has 0 aliphatic carbocycles. The molecule has 0 saturated carbocycles. The van der Waals surface area contributed by atoms with Crippen LogP contribution in [0.5, 0.6) is 0 Å². The summed E-state index contributed by atoms with van der Waals surface area (Å²) >= 11 is 18.0. The molecule has 0 spiro atoms. The summed E-state index contributed by atoms with van der Waals surface area (Å²) in [5.74, 6) is 0.962. The molecule has 1 aromatic heterocycles. The second-order valence-corrected chi connectivity index (χ2v) is 5.36. The van der Waals surface area contributed by atoms with E-state index in [-0.39, 0.29) is 0 Å². The second kappa shape index (κ2) is 6.51. The zero-order valence-electron chi connectivity index (χ0n) is 10.5. The largest absolute Gasteiger partial charge is 0.377 e. The highest BCUT2D eigenvalue weighted by Gasteiger charge is 2.07. The number of hydrogen-bond donors (Lipinski definition) is 1. The van der Waals surface area contributed by atoms with Gasteiger partial charge in [-0.2, -0.15) is 0 Å². The maximum atomic E-state index is 6.11. The average molecular weight is 319 g/mol. The lowest BCUT2D eigenvalue weighted by atomic mass is 10.3. The number of benzene rings is 1. The van der Waals surface area contributed by atoms with Gasteiger partial charge in [-0.05, 0) is 18.6 Å². The van der Waals surface area contributed by atoms with Crippen LogP contribution in [0.2, 0.25) is 15.1 Å². The molecule has 1 N–H and O–H groups in total. The summed E-state index contributed by atoms with van der Waals surface area (Å²) in [5.41, 5.74) is 0.752. The molecule has 2 rings (SSSR count). The van der Waals surface area contributed by atoms with Gasteiger partial charge in [-0.1, -0.05) is 41.7 Å². The van der Waals surface area contributed by atoms with Crippen molar-refractivity contribution < 1.29 is 0 Å². The minimum atomic E-state index is 0.449. The van der Waals surface area contributed by atoms with E-state index in [1.807, 2.05) is 6.20 Å². The van der Waals surface area contributed by atoms with Crippen LogP contribution in [0.1, 0.15) is 19.2 Å². The van der Waals surface area contributed by atoms with E-state index < -0.39 is 0 Å². The Hall–Kier alpha value is -0.900. The van der Waals surface area contributed by atoms with E-state index in [1.54, 1.807) is 18.3 Å². The molecule has 0 fully saturated rings. The molecule has 0 radical (unpaired) electrons. The van der Waals surface area contributed by atoms with Crippen LogP contribution in [0.15, 0.2) is 24.5 Å². The third-order valence-corrected chi connectivity index (χ3v) is 3.75. The van der Waals surface area contributed by atoms with Crippen molar-refractivity contribution >= 4 is 40.5 Å². The Bertz CT molecular complexity index is 566. The van der Waals surface area contributed by atoms with E-state index in [0.29, 0.717) is 21.6 Å². The molecule has 0 bridgehead atoms. The topological polar surface area (TPSA) is 29.9 Å². The van der Waals surface area contributed by atoms with E-state index in [4.69, 9.17) is 34.8 Å². The smallest absolute Gasteiger partial charge is 0.128 e. The Morgan fingerprint density at radius 3 is 2.63 bits per heavy atom. The summed E-state index contributed by atoms with van der Waals surface area (Å²) in [7, 11) is 0. The molecule has 1 aromatic carbocycles. The quantitative estimate of drug-likeness (QED) is 0.797. The number of imidazole rings is 1. The highest BCUT2D eigenvalue weighted by atomic mass is 35.5. The number of anilines is 1. The van der Waals surface area contributed by atoms with Crippen molar-refractivity contribution in [3.63, 3.8) is 0 Å². The van der Waals surface area contributed by atoms with Crippen molar-refractivity contribution in [3.8, 4) is 0 Å². The third-order valence-electron chi connectivity index (χ3n) is 2.71. The Kier molecular flexibility index (Phi) is 4.97. The fourth-order valence-corrected chi connectivity index (χ4v) is 2.40. The molecule has 0 aliphatic rings. The molecule has 1 heterocycles. The van der Waals surface area contributed by atoms with Gasteiger partial charge in [0.2, 0.25) is 0 Å². The van der Waals surface area contributed by atoms with Gasteiger partial charge in [0.1, 0.15) is 5.82 Å². The molecule has 0 unspecified atom stereocenters. The summed E-state index contributed by atoms with van der Waals surface area (Å²) in [6.07, 6.45) is 4.83. The molecular formula is C13H14Cl3N3. The Morgan fingerprint density at radius 2 is 1.89 bits per heavy atom. The van der Waals surface area contributed by atoms with Crippen LogP contribution in [0.3, 0.4) is 0 Å². The average Bonchev–Trinajstić information content (AvgIpc) is 2.80. The molecule has 19 heavy (non-hydrogen) atoms. The first-order valence-electron chi connectivity index (χ1n) is 6.00. The monoisotopic (exact) mass is 317 g/mol. The van der Waals surface area contributed by atoms with Crippen molar-refractivity contribution in [2.45, 2.75) is 26.4 Å². The number of halogens is 3. The van der Waals surface area contributed by atoms with Crippen LogP contribution in [-0.4, -0.2) is 9.55 Å². The van der Waals surface area contributed by atoms with Gasteiger partial charge in [-0.25, -0.2) is 4.98 Å². The van der Waals surface area contributed by atoms with Crippen LogP contribution < -0.4 is 5.32 Å². The van der Waals surface area contributed by atoms with Crippen LogP contribution in [0, 0.1) is 0 Å². The molecule has 3 nitrogen and oxygen atoms in total. The molecule has 2 aromatic rings. The Balaban J connectivity index is 2.10. The van der Waals surface area contributed by atoms with E-state index in [9.17, 15) is 0 Å². The van der Waals surface area contributed by atoms with Crippen molar-refractivity contribution in [2.75, 3.05) is 5.32 Å². The van der Waals surface area contributed by atoms with E-state index in [2.05, 4.69) is 21.8 Å². The number of aromatic nitrogens is 2. The van der Waals surface area contributed by atoms with Gasteiger partial charge >= 0.3 is 0 Å². The van der Waals surface area contributed by atoms with Crippen molar-refractivity contribution in [2.24, 2.45) is 0 Å². The summed E-state index contributed by atoms with van der Waals surface area (Å²) in [5, 5.41) is 4.69. The second-order valence-electron chi connectivity index (χ2n) is 4.14. The predicted octanol–water partition coefficient (Wildman–Crippen LogP) is 4.87. The number of aryl methyl sites for hydroxylation is 1. The molecule has 6 heteroatoms. The van der Waals surface area contributed by atoms with Gasteiger partial charge in [-0.15, -0.1) is 0 Å². The maximum Gasteiger partial charge on any atom is 0.128 e. The van der Waals surface area contributed by atoms with Gasteiger partial charge in [-0.3, -0.25) is 0 Å². The molecule has 0 amide bonds. The first-order valence-corrected chi connectivity index (χ1v) is 7.13. The molecular weight excluding hydrogens is 305 g/mol. The van der Waals surface area contributed by atoms with Gasteiger partial charge < -0.3 is 9.88 Å². The normalized spacial score (nSPS) is 10.7. The van der Waals surface area contributed by atoms with E-state index in [0.717, 1.165) is 24.5 Å². The SMILES string of the molecule is CCCn1ccnc1CNc1cc(Cl)c(Cl)cc1Cl. The molecule has 0 saturated heterocycles. The number of nitrogens with one attached hydrogen (secondary N) is 1. The maximum absolute atomic E-state index is 6.11. The van der Waals surface area contributed by atoms with E-state index >= 15 is 0 Å². The number of hydrogen-bond acceptors (Lipinski definition) is 2. The standard InChI is InChI=1S/C13H14Cl3N3/c1-2-4-19-5-3-17-13(19)8-18-12-7-10(15)9(14)6-11(12)16/h3,5-7,18H,2,4,8H2,1H3. The predicted molar refractivity (Wildman–Crippen MR) is 81.3 cm³/mol. The van der Waals surface area contributed by atoms with Crippen LogP contribution in [0.4, 0.5) is 5.69 Å². The number of rotatable bonds is 5. The van der Waals surface area contributed by atoms with Crippen LogP contribution >= 0.6 is 34.8 Å². The summed E-state index contributed by atoms with van der Waals surface area (Å²) < 4.78 is 2.11. The lowest BCUT2D eigenvalue weighted by molar-refractivity contribution is 0.644. The van der Waals surface area contributed by atoms with Gasteiger partial charge in [0.05, 0.1) is 27.3 Å². The highest BCUT2D eigenvalue weighted by Crippen LogP contribution is 2.32. The zero-order valence-corrected chi connectivity index (χ0v) is 12.7. The van der Waals surface area contributed by atoms with Crippen LogP contribution in [0.25, 0.3) is 0 Å². The first kappa shape index (κ1) is 14.5. The third kappa shape index (κ3) is 3.56. The first-order chi connectivity index (χ1) is 9.11. The van der Waals surface area contributed by atoms with Gasteiger partial charge in [0.25, 0.3) is 0 Å². The Morgan fingerprint density at radius 1 is 1.16 bits per heavy atom. The van der Waals surface area contributed by atoms with Crippen molar-refractivity contribution in [1.82, 2.24) is 9.55 Å². The lowest BCUT2D eigenvalue weighted by Gasteiger charge is -2.11. The van der Waals surface area contributed by atoms with Crippen LogP contribution in [-0.2, 0) is 13.1 Å². The molecule has 0 atom stereocenters. The van der Waals surface area contributed by atoms with E-state index in [1.165, 1.54) is 0 Å². The Labute approximate surface area is 127 Å². The summed E-state index contributed by atoms with van der Waals surface area (Å²) in [4.78, 5) is 4.32. The lowest BCUT2D eigenvalue weighted by Crippen LogP contribution is -2.08. The van der Waals surface area contributed by atoms with Gasteiger partial charge in [0, 0.05) is 18.9 Å². The minimum Gasteiger partial charge on any atom is -0.377 e. The summed E-state index contributed by atoms with van der Waals surface area (Å²) in [6, 6.07) is 3.35. The van der Waals surface area contributed by atoms with Crippen molar-refractivity contribution in [1.29, 1.82) is 0 Å². The fraction of sp³-hybridized carbons (Fsp3) is 0.308. The minimum absolute atomic E-state index is 0.449. The van der Waals surface area contributed by atoms with Crippen molar-refractivity contribution in [3.05, 3.63) is 45.4 Å². The highest BCUT2D eigenvalue weighted by molar-refractivity contribution is 6.44. The molecule has 0 aliphatic heterocycles. The van der Waals surface area contributed by atoms with Gasteiger partial charge in [0.15, 0.2) is 0 Å². The number of nitrogens with zero attached hydrogens (tertiary/aromatic N) is 2.